The molecule has 12 heteroatoms. The second-order valence-corrected chi connectivity index (χ2v) is 11.5. The van der Waals surface area contributed by atoms with Gasteiger partial charge in [0.05, 0.1) is 42.0 Å². The third-order valence-electron chi connectivity index (χ3n) is 9.01. The second kappa shape index (κ2) is 10.7. The van der Waals surface area contributed by atoms with Gasteiger partial charge in [-0.05, 0) is 25.6 Å². The van der Waals surface area contributed by atoms with Crippen molar-refractivity contribution in [1.82, 2.24) is 4.90 Å². The zero-order valence-electron chi connectivity index (χ0n) is 23.6. The van der Waals surface area contributed by atoms with E-state index in [0.717, 1.165) is 6.42 Å². The smallest absolute Gasteiger partial charge is 0.202 e. The van der Waals surface area contributed by atoms with Crippen molar-refractivity contribution in [2.24, 2.45) is 0 Å². The number of Topliss-reactive ketones (excluding diaryl/α,β-unsaturated/α-hetero) is 1. The highest BCUT2D eigenvalue weighted by molar-refractivity contribution is 6.31. The van der Waals surface area contributed by atoms with Crippen molar-refractivity contribution < 1.29 is 54.1 Å². The Bertz CT molecular complexity index is 1550. The van der Waals surface area contributed by atoms with Gasteiger partial charge in [-0.25, -0.2) is 0 Å². The van der Waals surface area contributed by atoms with Gasteiger partial charge < -0.3 is 44.6 Å². The summed E-state index contributed by atoms with van der Waals surface area (Å²) in [5.74, 6) is -3.66. The van der Waals surface area contributed by atoms with Crippen LogP contribution in [0.3, 0.4) is 0 Å². The number of hydrogen-bond donors (Lipinski definition) is 5. The number of fused-ring (bicyclic) bond motifs is 3. The van der Waals surface area contributed by atoms with Crippen LogP contribution in [0.25, 0.3) is 0 Å². The van der Waals surface area contributed by atoms with E-state index in [2.05, 4.69) is 0 Å². The lowest BCUT2D eigenvalue weighted by atomic mass is 9.72. The van der Waals surface area contributed by atoms with Crippen molar-refractivity contribution in [3.63, 3.8) is 0 Å². The highest BCUT2D eigenvalue weighted by Gasteiger charge is 2.50. The molecular weight excluding hydrogens is 562 g/mol. The largest absolute Gasteiger partial charge is 0.507 e. The van der Waals surface area contributed by atoms with Crippen molar-refractivity contribution >= 4 is 17.3 Å². The van der Waals surface area contributed by atoms with Crippen LogP contribution in [0.1, 0.15) is 75.3 Å². The normalized spacial score (nSPS) is 29.7. The lowest BCUT2D eigenvalue weighted by Gasteiger charge is -2.44. The lowest BCUT2D eigenvalue weighted by molar-refractivity contribution is -0.256. The summed E-state index contributed by atoms with van der Waals surface area (Å²) in [5, 5.41) is 55.0. The SMILES string of the molecule is COc1cccc2c1C(=O)c1c(O)c3c(c(O)c1C2=O)C[C@@](O)(C(=O)CO)C[C@@H]3O[C@H]1C[C@@H](N2C=CCC2)[C@@H](O)C(C)O1. The van der Waals surface area contributed by atoms with Crippen LogP contribution in [-0.4, -0.2) is 98.2 Å². The summed E-state index contributed by atoms with van der Waals surface area (Å²) in [6, 6.07) is 4.04. The summed E-state index contributed by atoms with van der Waals surface area (Å²) >= 11 is 0. The van der Waals surface area contributed by atoms with Crippen LogP contribution in [0.15, 0.2) is 30.5 Å². The molecule has 0 bridgehead atoms. The third-order valence-corrected chi connectivity index (χ3v) is 9.01. The van der Waals surface area contributed by atoms with E-state index in [9.17, 15) is 39.9 Å². The average molecular weight is 596 g/mol. The third kappa shape index (κ3) is 4.52. The number of phenolic OH excluding ortho intramolecular Hbond substituents is 2. The first-order chi connectivity index (χ1) is 20.5. The highest BCUT2D eigenvalue weighted by Crippen LogP contribution is 2.52. The van der Waals surface area contributed by atoms with Gasteiger partial charge in [-0.3, -0.25) is 14.4 Å². The van der Waals surface area contributed by atoms with Crippen molar-refractivity contribution in [2.75, 3.05) is 20.3 Å². The maximum atomic E-state index is 13.8. The number of hydrogen-bond acceptors (Lipinski definition) is 12. The van der Waals surface area contributed by atoms with Crippen LogP contribution >= 0.6 is 0 Å². The first-order valence-electron chi connectivity index (χ1n) is 14.2. The molecule has 43 heavy (non-hydrogen) atoms. The number of methoxy groups -OCH3 is 1. The van der Waals surface area contributed by atoms with E-state index in [4.69, 9.17) is 14.2 Å². The van der Waals surface area contributed by atoms with Crippen LogP contribution in [0.5, 0.6) is 17.2 Å². The number of carbonyl (C=O) groups is 3. The number of nitrogens with zero attached hydrogens (tertiary/aromatic N) is 1. The van der Waals surface area contributed by atoms with Crippen LogP contribution in [-0.2, 0) is 20.7 Å². The molecule has 1 fully saturated rings. The Kier molecular flexibility index (Phi) is 7.30. The predicted octanol–water partition coefficient (Wildman–Crippen LogP) is 1.26. The topological polar surface area (TPSA) is 183 Å². The van der Waals surface area contributed by atoms with Crippen LogP contribution in [0.2, 0.25) is 0 Å². The molecule has 6 rings (SSSR count). The number of phenols is 2. The van der Waals surface area contributed by atoms with Crippen molar-refractivity contribution in [2.45, 2.75) is 68.9 Å². The molecule has 0 radical (unpaired) electrons. The number of aromatic hydroxyl groups is 2. The van der Waals surface area contributed by atoms with E-state index < -0.39 is 89.6 Å². The molecular formula is C31H33NO11. The summed E-state index contributed by atoms with van der Waals surface area (Å²) < 4.78 is 17.5. The molecule has 0 saturated carbocycles. The number of benzene rings is 2. The zero-order valence-corrected chi connectivity index (χ0v) is 23.6. The van der Waals surface area contributed by atoms with E-state index >= 15 is 0 Å². The fourth-order valence-electron chi connectivity index (χ4n) is 6.81. The van der Waals surface area contributed by atoms with Crippen molar-refractivity contribution in [3.05, 3.63) is 63.9 Å². The van der Waals surface area contributed by atoms with Gasteiger partial charge in [0.1, 0.15) is 35.6 Å². The van der Waals surface area contributed by atoms with E-state index in [0.29, 0.717) is 6.54 Å². The van der Waals surface area contributed by atoms with Crippen LogP contribution in [0.4, 0.5) is 0 Å². The standard InChI is InChI=1S/C31H33NO11/c1-14-26(35)17(32-8-3-4-9-32)10-21(42-14)43-19-12-31(40,20(34)13-33)11-16-23(19)30(39)25-24(28(16)37)27(36)15-6-5-7-18(41-2)22(15)29(25)38/h3,5-8,14,17,19,21,26,33,35,37,39-40H,4,9-13H2,1-2H3/t14?,17-,19+,21+,26+,31+/m1/s1. The maximum absolute atomic E-state index is 13.8. The molecule has 228 valence electrons. The summed E-state index contributed by atoms with van der Waals surface area (Å²) in [6.45, 7) is 1.37. The van der Waals surface area contributed by atoms with Gasteiger partial charge in [-0.2, -0.15) is 0 Å². The first kappa shape index (κ1) is 29.3. The molecule has 2 heterocycles. The van der Waals surface area contributed by atoms with E-state index in [1.807, 2.05) is 17.2 Å². The molecule has 5 N–H and O–H groups in total. The minimum absolute atomic E-state index is 0.0399. The van der Waals surface area contributed by atoms with E-state index in [1.54, 1.807) is 6.92 Å². The van der Waals surface area contributed by atoms with Crippen molar-refractivity contribution in [3.8, 4) is 17.2 Å². The Morgan fingerprint density at radius 2 is 1.88 bits per heavy atom. The number of ether oxygens (including phenoxy) is 3. The number of aliphatic hydroxyl groups is 3. The van der Waals surface area contributed by atoms with Crippen LogP contribution in [0, 0.1) is 0 Å². The minimum Gasteiger partial charge on any atom is -0.507 e. The fourth-order valence-corrected chi connectivity index (χ4v) is 6.81. The van der Waals surface area contributed by atoms with E-state index in [-0.39, 0.29) is 40.5 Å². The monoisotopic (exact) mass is 595 g/mol. The number of ketones is 3. The molecule has 1 unspecified atom stereocenters. The molecule has 2 aromatic rings. The van der Waals surface area contributed by atoms with Gasteiger partial charge in [-0.1, -0.05) is 18.2 Å². The maximum Gasteiger partial charge on any atom is 0.202 e. The van der Waals surface area contributed by atoms with Crippen LogP contribution < -0.4 is 4.74 Å². The van der Waals surface area contributed by atoms with Gasteiger partial charge in [0.2, 0.25) is 5.78 Å². The molecule has 0 spiro atoms. The van der Waals surface area contributed by atoms with Gasteiger partial charge in [0, 0.05) is 42.5 Å². The molecule has 2 aliphatic heterocycles. The molecule has 4 aliphatic rings. The molecule has 1 saturated heterocycles. The summed E-state index contributed by atoms with van der Waals surface area (Å²) in [4.78, 5) is 42.2. The average Bonchev–Trinajstić information content (AvgIpc) is 3.53. The van der Waals surface area contributed by atoms with E-state index in [1.165, 1.54) is 25.3 Å². The summed E-state index contributed by atoms with van der Waals surface area (Å²) in [7, 11) is 1.34. The Labute approximate surface area is 246 Å². The van der Waals surface area contributed by atoms with Gasteiger partial charge in [0.25, 0.3) is 0 Å². The molecule has 2 aromatic carbocycles. The Morgan fingerprint density at radius 1 is 1.14 bits per heavy atom. The molecule has 12 nitrogen and oxygen atoms in total. The van der Waals surface area contributed by atoms with Gasteiger partial charge in [-0.15, -0.1) is 0 Å². The molecule has 0 amide bonds. The summed E-state index contributed by atoms with van der Waals surface area (Å²) in [5.41, 5.74) is -3.49. The Balaban J connectivity index is 1.47. The zero-order chi connectivity index (χ0) is 30.8. The summed E-state index contributed by atoms with van der Waals surface area (Å²) in [6.07, 6.45) is 0.0782. The highest BCUT2D eigenvalue weighted by atomic mass is 16.7. The molecule has 6 atom stereocenters. The lowest BCUT2D eigenvalue weighted by Crippen LogP contribution is -2.54. The first-order valence-corrected chi connectivity index (χ1v) is 14.2. The Morgan fingerprint density at radius 3 is 2.56 bits per heavy atom. The Hall–Kier alpha value is -3.81. The van der Waals surface area contributed by atoms with Gasteiger partial charge >= 0.3 is 0 Å². The van der Waals surface area contributed by atoms with Gasteiger partial charge in [0.15, 0.2) is 17.9 Å². The number of rotatable bonds is 6. The molecule has 0 aromatic heterocycles. The predicted molar refractivity (Wildman–Crippen MR) is 148 cm³/mol. The fraction of sp³-hybridized carbons (Fsp3) is 0.452. The number of aliphatic hydroxyl groups excluding tert-OH is 2. The minimum atomic E-state index is -2.23. The number of carbonyl (C=O) groups excluding carboxylic acids is 3. The second-order valence-electron chi connectivity index (χ2n) is 11.5. The molecule has 2 aliphatic carbocycles. The van der Waals surface area contributed by atoms with Crippen molar-refractivity contribution in [1.29, 1.82) is 0 Å². The quantitative estimate of drug-likeness (QED) is 0.258.